The van der Waals surface area contributed by atoms with Gasteiger partial charge in [0.15, 0.2) is 0 Å². The molecule has 152 valence electrons. The zero-order valence-electron chi connectivity index (χ0n) is 16.5. The molecule has 0 bridgehead atoms. The van der Waals surface area contributed by atoms with Crippen molar-refractivity contribution in [3.8, 4) is 0 Å². The average Bonchev–Trinajstić information content (AvgIpc) is 3.44. The zero-order chi connectivity index (χ0) is 20.3. The lowest BCUT2D eigenvalue weighted by atomic mass is 9.97. The first-order valence-corrected chi connectivity index (χ1v) is 11.0. The van der Waals surface area contributed by atoms with Crippen LogP contribution in [0.15, 0.2) is 53.4 Å². The fourth-order valence-corrected chi connectivity index (χ4v) is 5.10. The van der Waals surface area contributed by atoms with Gasteiger partial charge in [0.05, 0.1) is 18.2 Å². The molecule has 0 unspecified atom stereocenters. The molecule has 0 aliphatic heterocycles. The Kier molecular flexibility index (Phi) is 5.19. The van der Waals surface area contributed by atoms with Crippen molar-refractivity contribution in [2.75, 3.05) is 5.32 Å². The molecule has 6 nitrogen and oxygen atoms in total. The molecule has 0 spiro atoms. The van der Waals surface area contributed by atoms with E-state index < -0.39 is 0 Å². The molecule has 0 fully saturated rings. The van der Waals surface area contributed by atoms with Crippen LogP contribution in [0.1, 0.15) is 45.0 Å². The molecular weight excluding hydrogens is 396 g/mol. The van der Waals surface area contributed by atoms with Gasteiger partial charge in [0.25, 0.3) is 5.91 Å². The summed E-state index contributed by atoms with van der Waals surface area (Å²) in [4.78, 5) is 23.8. The van der Waals surface area contributed by atoms with E-state index in [0.717, 1.165) is 34.8 Å². The molecule has 5 rings (SSSR count). The van der Waals surface area contributed by atoms with Gasteiger partial charge in [-0.2, -0.15) is 0 Å². The van der Waals surface area contributed by atoms with E-state index in [9.17, 15) is 4.79 Å². The molecule has 0 radical (unpaired) electrons. The Morgan fingerprint density at radius 1 is 1.07 bits per heavy atom. The Labute approximate surface area is 178 Å². The smallest absolute Gasteiger partial charge is 0.251 e. The number of carbonyl (C=O) groups is 1. The van der Waals surface area contributed by atoms with Gasteiger partial charge in [-0.3, -0.25) is 4.79 Å². The third-order valence-electron chi connectivity index (χ3n) is 5.43. The van der Waals surface area contributed by atoms with E-state index in [1.807, 2.05) is 30.3 Å². The second kappa shape index (κ2) is 8.28. The highest BCUT2D eigenvalue weighted by Gasteiger charge is 2.19. The Morgan fingerprint density at radius 2 is 1.93 bits per heavy atom. The number of thiophene rings is 1. The molecule has 0 saturated heterocycles. The van der Waals surface area contributed by atoms with Gasteiger partial charge in [0, 0.05) is 17.0 Å². The van der Waals surface area contributed by atoms with Crippen LogP contribution in [0.5, 0.6) is 0 Å². The van der Waals surface area contributed by atoms with Crippen LogP contribution in [-0.4, -0.2) is 15.9 Å². The van der Waals surface area contributed by atoms with Gasteiger partial charge in [0.2, 0.25) is 0 Å². The number of fused-ring (bicyclic) bond motifs is 3. The lowest BCUT2D eigenvalue weighted by molar-refractivity contribution is 0.0948. The van der Waals surface area contributed by atoms with Gasteiger partial charge < -0.3 is 15.1 Å². The van der Waals surface area contributed by atoms with Crippen LogP contribution < -0.4 is 10.6 Å². The predicted molar refractivity (Wildman–Crippen MR) is 118 cm³/mol. The number of furan rings is 1. The van der Waals surface area contributed by atoms with Crippen LogP contribution in [0.3, 0.4) is 0 Å². The zero-order valence-corrected chi connectivity index (χ0v) is 17.3. The van der Waals surface area contributed by atoms with Gasteiger partial charge in [0.1, 0.15) is 22.7 Å². The fourth-order valence-electron chi connectivity index (χ4n) is 3.87. The number of amides is 1. The van der Waals surface area contributed by atoms with E-state index in [0.29, 0.717) is 18.7 Å². The quantitative estimate of drug-likeness (QED) is 0.474. The number of rotatable bonds is 6. The third kappa shape index (κ3) is 3.80. The van der Waals surface area contributed by atoms with Crippen molar-refractivity contribution in [2.45, 2.75) is 38.8 Å². The number of hydrogen-bond acceptors (Lipinski definition) is 6. The van der Waals surface area contributed by atoms with Crippen LogP contribution in [0.25, 0.3) is 10.2 Å². The molecule has 0 saturated carbocycles. The Hall–Kier alpha value is -3.19. The number of anilines is 1. The minimum atomic E-state index is -0.117. The summed E-state index contributed by atoms with van der Waals surface area (Å²) in [7, 11) is 0. The minimum Gasteiger partial charge on any atom is -0.467 e. The molecule has 1 amide bonds. The first kappa shape index (κ1) is 18.8. The second-order valence-electron chi connectivity index (χ2n) is 7.43. The molecule has 4 aromatic rings. The molecule has 30 heavy (non-hydrogen) atoms. The summed E-state index contributed by atoms with van der Waals surface area (Å²) in [5, 5.41) is 7.52. The molecular formula is C23H22N4O2S. The first-order valence-electron chi connectivity index (χ1n) is 10.2. The summed E-state index contributed by atoms with van der Waals surface area (Å²) < 4.78 is 5.24. The number of nitrogens with one attached hydrogen (secondary N) is 2. The number of hydrogen-bond donors (Lipinski definition) is 2. The summed E-state index contributed by atoms with van der Waals surface area (Å²) >= 11 is 1.80. The van der Waals surface area contributed by atoms with Gasteiger partial charge in [-0.05, 0) is 61.1 Å². The second-order valence-corrected chi connectivity index (χ2v) is 8.51. The fraction of sp³-hybridized carbons (Fsp3) is 0.261. The van der Waals surface area contributed by atoms with E-state index in [1.165, 1.54) is 28.7 Å². The number of aryl methyl sites for hydroxylation is 2. The monoisotopic (exact) mass is 418 g/mol. The molecule has 1 aliphatic rings. The maximum absolute atomic E-state index is 12.3. The van der Waals surface area contributed by atoms with Crippen LogP contribution in [0, 0.1) is 0 Å². The average molecular weight is 419 g/mol. The highest BCUT2D eigenvalue weighted by molar-refractivity contribution is 7.19. The number of carbonyl (C=O) groups excluding carboxylic acids is 1. The SMILES string of the molecule is O=C(NCc1ccco1)c1ccc(CNc2ncnc3sc4c(c23)CCCC4)cc1. The summed E-state index contributed by atoms with van der Waals surface area (Å²) in [5.74, 6) is 1.52. The Balaban J connectivity index is 1.26. The molecule has 3 heterocycles. The highest BCUT2D eigenvalue weighted by atomic mass is 32.1. The van der Waals surface area contributed by atoms with E-state index in [4.69, 9.17) is 4.42 Å². The molecule has 3 aromatic heterocycles. The van der Waals surface area contributed by atoms with Gasteiger partial charge in [-0.25, -0.2) is 9.97 Å². The molecule has 1 aromatic carbocycles. The summed E-state index contributed by atoms with van der Waals surface area (Å²) in [6, 6.07) is 11.3. The van der Waals surface area contributed by atoms with Crippen molar-refractivity contribution in [1.82, 2.24) is 15.3 Å². The molecule has 7 heteroatoms. The standard InChI is InChI=1S/C23H22N4O2S/c28-22(25-13-17-4-3-11-29-17)16-9-7-15(8-10-16)12-24-21-20-18-5-1-2-6-19(18)30-23(20)27-14-26-21/h3-4,7-11,14H,1-2,5-6,12-13H2,(H,25,28)(H,24,26,27). The third-order valence-corrected chi connectivity index (χ3v) is 6.63. The maximum Gasteiger partial charge on any atom is 0.251 e. The first-order chi connectivity index (χ1) is 14.8. The lowest BCUT2D eigenvalue weighted by Gasteiger charge is -2.12. The van der Waals surface area contributed by atoms with Crippen LogP contribution in [0.4, 0.5) is 5.82 Å². The van der Waals surface area contributed by atoms with Crippen LogP contribution in [0.2, 0.25) is 0 Å². The van der Waals surface area contributed by atoms with Crippen molar-refractivity contribution in [3.05, 3.63) is 76.3 Å². The molecule has 1 aliphatic carbocycles. The Morgan fingerprint density at radius 3 is 2.77 bits per heavy atom. The summed E-state index contributed by atoms with van der Waals surface area (Å²) in [5.41, 5.74) is 3.14. The van der Waals surface area contributed by atoms with E-state index >= 15 is 0 Å². The molecule has 0 atom stereocenters. The number of aromatic nitrogens is 2. The summed E-state index contributed by atoms with van der Waals surface area (Å²) in [6.07, 6.45) is 7.99. The van der Waals surface area contributed by atoms with Crippen molar-refractivity contribution < 1.29 is 9.21 Å². The van der Waals surface area contributed by atoms with E-state index in [2.05, 4.69) is 20.6 Å². The Bertz CT molecular complexity index is 1170. The number of nitrogens with zero attached hydrogens (tertiary/aromatic N) is 2. The van der Waals surface area contributed by atoms with Gasteiger partial charge in [-0.15, -0.1) is 11.3 Å². The maximum atomic E-state index is 12.3. The van der Waals surface area contributed by atoms with Gasteiger partial charge in [-0.1, -0.05) is 12.1 Å². The predicted octanol–water partition coefficient (Wildman–Crippen LogP) is 4.71. The molecule has 2 N–H and O–H groups in total. The summed E-state index contributed by atoms with van der Waals surface area (Å²) in [6.45, 7) is 1.02. The minimum absolute atomic E-state index is 0.117. The van der Waals surface area contributed by atoms with Gasteiger partial charge >= 0.3 is 0 Å². The normalized spacial score (nSPS) is 13.2. The largest absolute Gasteiger partial charge is 0.467 e. The van der Waals surface area contributed by atoms with Crippen LogP contribution in [-0.2, 0) is 25.9 Å². The topological polar surface area (TPSA) is 80.0 Å². The highest BCUT2D eigenvalue weighted by Crippen LogP contribution is 2.38. The van der Waals surface area contributed by atoms with Crippen molar-refractivity contribution in [3.63, 3.8) is 0 Å². The van der Waals surface area contributed by atoms with E-state index in [-0.39, 0.29) is 5.91 Å². The van der Waals surface area contributed by atoms with Crippen molar-refractivity contribution in [2.24, 2.45) is 0 Å². The van der Waals surface area contributed by atoms with Crippen molar-refractivity contribution in [1.29, 1.82) is 0 Å². The van der Waals surface area contributed by atoms with E-state index in [1.54, 1.807) is 30.0 Å². The van der Waals surface area contributed by atoms with Crippen LogP contribution >= 0.6 is 11.3 Å². The lowest BCUT2D eigenvalue weighted by Crippen LogP contribution is -2.22. The number of benzene rings is 1. The van der Waals surface area contributed by atoms with Crippen molar-refractivity contribution >= 4 is 33.3 Å².